The van der Waals surface area contributed by atoms with Gasteiger partial charge in [0, 0.05) is 18.5 Å². The Labute approximate surface area is 130 Å². The Bertz CT molecular complexity index is 310. The highest BCUT2D eigenvalue weighted by Crippen LogP contribution is 2.32. The molecular weight excluding hydrogens is 260 g/mol. The Morgan fingerprint density at radius 2 is 1.86 bits per heavy atom. The molecule has 2 atom stereocenters. The Kier molecular flexibility index (Phi) is 7.01. The number of nitrogens with two attached hydrogens (primary N) is 1. The number of carbonyl (C=O) groups is 1. The fourth-order valence-corrected chi connectivity index (χ4v) is 4.11. The summed E-state index contributed by atoms with van der Waals surface area (Å²) in [6.07, 6.45) is 13.4. The Hall–Kier alpha value is -0.570. The van der Waals surface area contributed by atoms with Gasteiger partial charge in [-0.2, -0.15) is 0 Å². The first-order valence-electron chi connectivity index (χ1n) is 9.22. The number of hydrogen-bond donors (Lipinski definition) is 2. The third-order valence-corrected chi connectivity index (χ3v) is 5.57. The van der Waals surface area contributed by atoms with Crippen LogP contribution in [0.15, 0.2) is 0 Å². The van der Waals surface area contributed by atoms with Gasteiger partial charge in [-0.15, -0.1) is 0 Å². The van der Waals surface area contributed by atoms with Crippen LogP contribution in [0.1, 0.15) is 77.6 Å². The van der Waals surface area contributed by atoms with Crippen molar-refractivity contribution in [3.05, 3.63) is 0 Å². The summed E-state index contributed by atoms with van der Waals surface area (Å²) in [5, 5.41) is 3.21. The van der Waals surface area contributed by atoms with Crippen molar-refractivity contribution in [2.45, 2.75) is 83.6 Å². The number of amides is 1. The molecule has 1 amide bonds. The van der Waals surface area contributed by atoms with Gasteiger partial charge < -0.3 is 11.1 Å². The maximum absolute atomic E-state index is 12.3. The van der Waals surface area contributed by atoms with Crippen molar-refractivity contribution < 1.29 is 4.79 Å². The third-order valence-electron chi connectivity index (χ3n) is 5.57. The molecule has 0 aliphatic heterocycles. The molecule has 3 N–H and O–H groups in total. The van der Waals surface area contributed by atoms with Crippen LogP contribution >= 0.6 is 0 Å². The van der Waals surface area contributed by atoms with Gasteiger partial charge >= 0.3 is 0 Å². The van der Waals surface area contributed by atoms with Crippen molar-refractivity contribution >= 4 is 5.91 Å². The Balaban J connectivity index is 1.63. The zero-order chi connectivity index (χ0) is 15.1. The highest BCUT2D eigenvalue weighted by atomic mass is 16.1. The molecule has 3 heteroatoms. The summed E-state index contributed by atoms with van der Waals surface area (Å²) in [6.45, 7) is 3.11. The van der Waals surface area contributed by atoms with E-state index in [0.717, 1.165) is 38.1 Å². The van der Waals surface area contributed by atoms with E-state index in [4.69, 9.17) is 5.73 Å². The lowest BCUT2D eigenvalue weighted by atomic mass is 9.79. The van der Waals surface area contributed by atoms with Crippen molar-refractivity contribution in [3.63, 3.8) is 0 Å². The second-order valence-corrected chi connectivity index (χ2v) is 7.40. The minimum absolute atomic E-state index is 0.278. The number of unbranched alkanes of at least 4 members (excludes halogenated alkanes) is 1. The molecule has 0 radical (unpaired) electrons. The van der Waals surface area contributed by atoms with Crippen molar-refractivity contribution in [2.24, 2.45) is 23.5 Å². The SMILES string of the molecule is CCCCC1CCC(C(=O)NCC2CCCC(N)C2)CC1. The van der Waals surface area contributed by atoms with Gasteiger partial charge in [0.2, 0.25) is 5.91 Å². The molecular formula is C18H34N2O. The zero-order valence-corrected chi connectivity index (χ0v) is 13.8. The maximum atomic E-state index is 12.3. The first-order chi connectivity index (χ1) is 10.2. The van der Waals surface area contributed by atoms with Gasteiger partial charge in [-0.05, 0) is 56.8 Å². The average Bonchev–Trinajstić information content (AvgIpc) is 2.51. The Morgan fingerprint density at radius 3 is 2.52 bits per heavy atom. The molecule has 0 aromatic carbocycles. The molecule has 3 nitrogen and oxygen atoms in total. The van der Waals surface area contributed by atoms with Crippen molar-refractivity contribution in [1.82, 2.24) is 5.32 Å². The number of carbonyl (C=O) groups excluding carboxylic acids is 1. The molecule has 0 aromatic heterocycles. The average molecular weight is 294 g/mol. The van der Waals surface area contributed by atoms with E-state index < -0.39 is 0 Å². The molecule has 0 heterocycles. The monoisotopic (exact) mass is 294 g/mol. The quantitative estimate of drug-likeness (QED) is 0.786. The summed E-state index contributed by atoms with van der Waals surface area (Å²) >= 11 is 0. The van der Waals surface area contributed by atoms with Crippen LogP contribution < -0.4 is 11.1 Å². The summed E-state index contributed by atoms with van der Waals surface area (Å²) in [7, 11) is 0. The molecule has 0 spiro atoms. The summed E-state index contributed by atoms with van der Waals surface area (Å²) in [6, 6.07) is 0.356. The number of hydrogen-bond acceptors (Lipinski definition) is 2. The molecule has 21 heavy (non-hydrogen) atoms. The normalized spacial score (nSPS) is 33.6. The highest BCUT2D eigenvalue weighted by molar-refractivity contribution is 5.78. The predicted molar refractivity (Wildman–Crippen MR) is 87.9 cm³/mol. The summed E-state index contributed by atoms with van der Waals surface area (Å²) in [5.74, 6) is 2.08. The van der Waals surface area contributed by atoms with Crippen LogP contribution in [0.3, 0.4) is 0 Å². The largest absolute Gasteiger partial charge is 0.356 e. The minimum atomic E-state index is 0.278. The van der Waals surface area contributed by atoms with Crippen LogP contribution in [0.25, 0.3) is 0 Å². The fraction of sp³-hybridized carbons (Fsp3) is 0.944. The van der Waals surface area contributed by atoms with Crippen LogP contribution in [0.4, 0.5) is 0 Å². The zero-order valence-electron chi connectivity index (χ0n) is 13.8. The van der Waals surface area contributed by atoms with Crippen LogP contribution in [0.2, 0.25) is 0 Å². The standard InChI is InChI=1S/C18H34N2O/c1-2-3-5-14-8-10-16(11-9-14)18(21)20-13-15-6-4-7-17(19)12-15/h14-17H,2-13,19H2,1H3,(H,20,21). The van der Waals surface area contributed by atoms with Crippen LogP contribution in [-0.2, 0) is 4.79 Å². The number of rotatable bonds is 6. The predicted octanol–water partition coefficient (Wildman–Crippen LogP) is 3.62. The molecule has 0 bridgehead atoms. The van der Waals surface area contributed by atoms with Gasteiger partial charge in [-0.1, -0.05) is 32.6 Å². The molecule has 2 aliphatic rings. The smallest absolute Gasteiger partial charge is 0.223 e. The first-order valence-corrected chi connectivity index (χ1v) is 9.22. The highest BCUT2D eigenvalue weighted by Gasteiger charge is 2.27. The van der Waals surface area contributed by atoms with Crippen molar-refractivity contribution in [1.29, 1.82) is 0 Å². The molecule has 2 fully saturated rings. The van der Waals surface area contributed by atoms with Gasteiger partial charge in [0.05, 0.1) is 0 Å². The van der Waals surface area contributed by atoms with Crippen molar-refractivity contribution in [2.75, 3.05) is 6.54 Å². The molecule has 2 unspecified atom stereocenters. The summed E-state index contributed by atoms with van der Waals surface area (Å²) in [5.41, 5.74) is 6.02. The van der Waals surface area contributed by atoms with Gasteiger partial charge in [-0.25, -0.2) is 0 Å². The van der Waals surface area contributed by atoms with E-state index in [1.54, 1.807) is 0 Å². The molecule has 122 valence electrons. The lowest BCUT2D eigenvalue weighted by Crippen LogP contribution is -2.39. The lowest BCUT2D eigenvalue weighted by molar-refractivity contribution is -0.126. The van der Waals surface area contributed by atoms with Crippen LogP contribution in [-0.4, -0.2) is 18.5 Å². The van der Waals surface area contributed by atoms with Crippen LogP contribution in [0, 0.1) is 17.8 Å². The molecule has 2 aliphatic carbocycles. The Morgan fingerprint density at radius 1 is 1.10 bits per heavy atom. The van der Waals surface area contributed by atoms with E-state index in [0.29, 0.717) is 17.9 Å². The topological polar surface area (TPSA) is 55.1 Å². The van der Waals surface area contributed by atoms with E-state index in [-0.39, 0.29) is 5.92 Å². The molecule has 2 rings (SSSR count). The molecule has 2 saturated carbocycles. The van der Waals surface area contributed by atoms with E-state index in [9.17, 15) is 4.79 Å². The second kappa shape index (κ2) is 8.77. The van der Waals surface area contributed by atoms with E-state index in [1.165, 1.54) is 44.9 Å². The lowest BCUT2D eigenvalue weighted by Gasteiger charge is -2.30. The molecule has 0 saturated heterocycles. The summed E-state index contributed by atoms with van der Waals surface area (Å²) in [4.78, 5) is 12.3. The van der Waals surface area contributed by atoms with Gasteiger partial charge in [0.15, 0.2) is 0 Å². The van der Waals surface area contributed by atoms with Gasteiger partial charge in [-0.3, -0.25) is 4.79 Å². The fourth-order valence-electron chi connectivity index (χ4n) is 4.11. The second-order valence-electron chi connectivity index (χ2n) is 7.40. The van der Waals surface area contributed by atoms with Crippen molar-refractivity contribution in [3.8, 4) is 0 Å². The van der Waals surface area contributed by atoms with Gasteiger partial charge in [0.25, 0.3) is 0 Å². The van der Waals surface area contributed by atoms with Crippen LogP contribution in [0.5, 0.6) is 0 Å². The van der Waals surface area contributed by atoms with E-state index in [1.807, 2.05) is 0 Å². The summed E-state index contributed by atoms with van der Waals surface area (Å²) < 4.78 is 0. The minimum Gasteiger partial charge on any atom is -0.356 e. The first kappa shape index (κ1) is 16.8. The van der Waals surface area contributed by atoms with E-state index >= 15 is 0 Å². The maximum Gasteiger partial charge on any atom is 0.223 e. The molecule has 0 aromatic rings. The van der Waals surface area contributed by atoms with Gasteiger partial charge in [0.1, 0.15) is 0 Å². The third kappa shape index (κ3) is 5.61. The van der Waals surface area contributed by atoms with E-state index in [2.05, 4.69) is 12.2 Å². The number of nitrogens with one attached hydrogen (secondary N) is 1.